The SMILES string of the molecule is CC(=O)[C@H]1C(=O)C[C@](C)(O)[C@@H](C(C)=O)[C@H]1c1cccc([N+](=O)[O-])c1. The van der Waals surface area contributed by atoms with E-state index in [2.05, 4.69) is 0 Å². The van der Waals surface area contributed by atoms with Gasteiger partial charge in [0, 0.05) is 24.5 Å². The van der Waals surface area contributed by atoms with Gasteiger partial charge in [0.2, 0.25) is 0 Å². The average molecular weight is 333 g/mol. The largest absolute Gasteiger partial charge is 0.389 e. The van der Waals surface area contributed by atoms with E-state index >= 15 is 0 Å². The second-order valence-corrected chi connectivity index (χ2v) is 6.55. The van der Waals surface area contributed by atoms with E-state index in [0.717, 1.165) is 0 Å². The summed E-state index contributed by atoms with van der Waals surface area (Å²) in [5.41, 5.74) is -1.47. The highest BCUT2D eigenvalue weighted by Crippen LogP contribution is 2.46. The number of non-ortho nitro benzene ring substituents is 1. The van der Waals surface area contributed by atoms with E-state index in [-0.39, 0.29) is 17.9 Å². The minimum Gasteiger partial charge on any atom is -0.389 e. The monoisotopic (exact) mass is 333 g/mol. The van der Waals surface area contributed by atoms with E-state index in [1.54, 1.807) is 0 Å². The van der Waals surface area contributed by atoms with Crippen LogP contribution in [0.25, 0.3) is 0 Å². The molecule has 0 radical (unpaired) electrons. The van der Waals surface area contributed by atoms with Crippen molar-refractivity contribution in [2.45, 2.75) is 38.7 Å². The first-order chi connectivity index (χ1) is 11.1. The molecule has 7 heteroatoms. The summed E-state index contributed by atoms with van der Waals surface area (Å²) in [5.74, 6) is -4.25. The summed E-state index contributed by atoms with van der Waals surface area (Å²) in [6.45, 7) is 3.93. The number of rotatable bonds is 4. The van der Waals surface area contributed by atoms with E-state index in [9.17, 15) is 29.6 Å². The molecule has 1 aliphatic rings. The molecule has 1 aromatic carbocycles. The Labute approximate surface area is 138 Å². The Morgan fingerprint density at radius 1 is 1.29 bits per heavy atom. The lowest BCUT2D eigenvalue weighted by atomic mass is 9.60. The number of aliphatic hydroxyl groups is 1. The van der Waals surface area contributed by atoms with Crippen LogP contribution in [0.3, 0.4) is 0 Å². The van der Waals surface area contributed by atoms with Crippen molar-refractivity contribution in [1.82, 2.24) is 0 Å². The lowest BCUT2D eigenvalue weighted by Crippen LogP contribution is -2.53. The summed E-state index contributed by atoms with van der Waals surface area (Å²) in [5, 5.41) is 21.6. The van der Waals surface area contributed by atoms with Gasteiger partial charge < -0.3 is 5.11 Å². The van der Waals surface area contributed by atoms with Crippen molar-refractivity contribution in [2.75, 3.05) is 0 Å². The lowest BCUT2D eigenvalue weighted by Gasteiger charge is -2.44. The molecule has 128 valence electrons. The first-order valence-electron chi connectivity index (χ1n) is 7.56. The molecule has 0 bridgehead atoms. The number of ketones is 3. The molecule has 1 saturated carbocycles. The molecule has 7 nitrogen and oxygen atoms in total. The first-order valence-corrected chi connectivity index (χ1v) is 7.56. The van der Waals surface area contributed by atoms with E-state index in [4.69, 9.17) is 0 Å². The zero-order chi connectivity index (χ0) is 18.2. The molecule has 1 N–H and O–H groups in total. The van der Waals surface area contributed by atoms with Gasteiger partial charge in [-0.2, -0.15) is 0 Å². The molecule has 24 heavy (non-hydrogen) atoms. The van der Waals surface area contributed by atoms with Crippen molar-refractivity contribution < 1.29 is 24.4 Å². The van der Waals surface area contributed by atoms with Crippen LogP contribution in [-0.2, 0) is 14.4 Å². The molecular weight excluding hydrogens is 314 g/mol. The maximum absolute atomic E-state index is 12.4. The zero-order valence-electron chi connectivity index (χ0n) is 13.7. The molecular formula is C17H19NO6. The van der Waals surface area contributed by atoms with Crippen LogP contribution in [0, 0.1) is 22.0 Å². The minimum atomic E-state index is -1.61. The van der Waals surface area contributed by atoms with Crippen molar-refractivity contribution >= 4 is 23.0 Å². The molecule has 0 saturated heterocycles. The predicted octanol–water partition coefficient (Wildman–Crippen LogP) is 1.81. The molecule has 0 aromatic heterocycles. The Morgan fingerprint density at radius 2 is 1.92 bits per heavy atom. The van der Waals surface area contributed by atoms with Crippen molar-refractivity contribution in [3.63, 3.8) is 0 Å². The van der Waals surface area contributed by atoms with Gasteiger partial charge in [-0.1, -0.05) is 12.1 Å². The Morgan fingerprint density at radius 3 is 2.42 bits per heavy atom. The number of hydrogen-bond acceptors (Lipinski definition) is 6. The first kappa shape index (κ1) is 17.9. The number of carbonyl (C=O) groups is 3. The van der Waals surface area contributed by atoms with Crippen LogP contribution in [0.15, 0.2) is 24.3 Å². The smallest absolute Gasteiger partial charge is 0.269 e. The summed E-state index contributed by atoms with van der Waals surface area (Å²) in [7, 11) is 0. The third kappa shape index (κ3) is 3.12. The predicted molar refractivity (Wildman–Crippen MR) is 84.4 cm³/mol. The van der Waals surface area contributed by atoms with Crippen LogP contribution in [0.4, 0.5) is 5.69 Å². The topological polar surface area (TPSA) is 115 Å². The van der Waals surface area contributed by atoms with Crippen LogP contribution in [-0.4, -0.2) is 33.0 Å². The fraction of sp³-hybridized carbons (Fsp3) is 0.471. The normalized spacial score (nSPS) is 30.0. The lowest BCUT2D eigenvalue weighted by molar-refractivity contribution is -0.385. The molecule has 0 unspecified atom stereocenters. The van der Waals surface area contributed by atoms with Crippen LogP contribution in [0.2, 0.25) is 0 Å². The Hall–Kier alpha value is -2.41. The van der Waals surface area contributed by atoms with Crippen molar-refractivity contribution in [2.24, 2.45) is 11.8 Å². The molecule has 0 amide bonds. The number of Topliss-reactive ketones (excluding diaryl/α,β-unsaturated/α-hetero) is 3. The maximum atomic E-state index is 12.4. The third-order valence-electron chi connectivity index (χ3n) is 4.61. The van der Waals surface area contributed by atoms with Gasteiger partial charge in [-0.25, -0.2) is 0 Å². The fourth-order valence-corrected chi connectivity index (χ4v) is 3.75. The summed E-state index contributed by atoms with van der Waals surface area (Å²) < 4.78 is 0. The van der Waals surface area contributed by atoms with E-state index < -0.39 is 39.8 Å². The van der Waals surface area contributed by atoms with Gasteiger partial charge in [-0.05, 0) is 26.3 Å². The fourth-order valence-electron chi connectivity index (χ4n) is 3.75. The average Bonchev–Trinajstić information content (AvgIpc) is 2.44. The van der Waals surface area contributed by atoms with Crippen LogP contribution < -0.4 is 0 Å². The van der Waals surface area contributed by atoms with Gasteiger partial charge in [0.05, 0.1) is 22.4 Å². The molecule has 4 atom stereocenters. The Kier molecular flexibility index (Phi) is 4.66. The van der Waals surface area contributed by atoms with Crippen molar-refractivity contribution in [3.05, 3.63) is 39.9 Å². The second-order valence-electron chi connectivity index (χ2n) is 6.55. The number of nitro benzene ring substituents is 1. The molecule has 2 rings (SSSR count). The molecule has 1 fully saturated rings. The quantitative estimate of drug-likeness (QED) is 0.510. The summed E-state index contributed by atoms with van der Waals surface area (Å²) in [4.78, 5) is 47.0. The number of benzene rings is 1. The van der Waals surface area contributed by atoms with Crippen LogP contribution in [0.1, 0.15) is 38.7 Å². The Bertz CT molecular complexity index is 724. The Balaban J connectivity index is 2.67. The minimum absolute atomic E-state index is 0.199. The maximum Gasteiger partial charge on any atom is 0.269 e. The van der Waals surface area contributed by atoms with Gasteiger partial charge in [0.25, 0.3) is 5.69 Å². The van der Waals surface area contributed by atoms with E-state index in [1.807, 2.05) is 0 Å². The summed E-state index contributed by atoms with van der Waals surface area (Å²) >= 11 is 0. The van der Waals surface area contributed by atoms with Gasteiger partial charge in [-0.15, -0.1) is 0 Å². The van der Waals surface area contributed by atoms with Gasteiger partial charge >= 0.3 is 0 Å². The highest BCUT2D eigenvalue weighted by molar-refractivity contribution is 6.05. The van der Waals surface area contributed by atoms with Crippen molar-refractivity contribution in [1.29, 1.82) is 0 Å². The third-order valence-corrected chi connectivity index (χ3v) is 4.61. The molecule has 0 spiro atoms. The second kappa shape index (κ2) is 6.24. The number of carbonyl (C=O) groups excluding carboxylic acids is 3. The van der Waals surface area contributed by atoms with Crippen molar-refractivity contribution in [3.8, 4) is 0 Å². The number of nitrogens with zero attached hydrogens (tertiary/aromatic N) is 1. The van der Waals surface area contributed by atoms with Crippen LogP contribution >= 0.6 is 0 Å². The molecule has 1 aromatic rings. The van der Waals surface area contributed by atoms with E-state index in [0.29, 0.717) is 5.56 Å². The highest BCUT2D eigenvalue weighted by atomic mass is 16.6. The molecule has 1 aliphatic carbocycles. The van der Waals surface area contributed by atoms with Gasteiger partial charge in [0.1, 0.15) is 17.3 Å². The van der Waals surface area contributed by atoms with Crippen LogP contribution in [0.5, 0.6) is 0 Å². The summed E-state index contributed by atoms with van der Waals surface area (Å²) in [6, 6.07) is 5.52. The summed E-state index contributed by atoms with van der Waals surface area (Å²) in [6.07, 6.45) is -0.299. The molecule has 0 heterocycles. The number of nitro groups is 1. The van der Waals surface area contributed by atoms with Gasteiger partial charge in [-0.3, -0.25) is 24.5 Å². The van der Waals surface area contributed by atoms with Gasteiger partial charge in [0.15, 0.2) is 0 Å². The molecule has 0 aliphatic heterocycles. The van der Waals surface area contributed by atoms with E-state index in [1.165, 1.54) is 45.0 Å². The highest BCUT2D eigenvalue weighted by Gasteiger charge is 2.53. The zero-order valence-corrected chi connectivity index (χ0v) is 13.7. The number of hydrogen-bond donors (Lipinski definition) is 1. The standard InChI is InChI=1S/C17H19NO6/c1-9(19)14-13(21)8-17(3,22)16(10(2)20)15(14)11-5-4-6-12(7-11)18(23)24/h4-7,14-16,22H,8H2,1-3H3/t14-,15-,16-,17-/m0/s1.